The van der Waals surface area contributed by atoms with E-state index in [1.54, 1.807) is 69.5 Å². The Labute approximate surface area is 248 Å². The Balaban J connectivity index is 2.05. The first-order valence-corrected chi connectivity index (χ1v) is 15.4. The Morgan fingerprint density at radius 2 is 1.71 bits per heavy atom. The summed E-state index contributed by atoms with van der Waals surface area (Å²) in [5.74, 6) is -0.254. The number of halogens is 1. The molecule has 0 fully saturated rings. The summed E-state index contributed by atoms with van der Waals surface area (Å²) in [4.78, 5) is 28.6. The molecule has 0 unspecified atom stereocenters. The van der Waals surface area contributed by atoms with Crippen molar-refractivity contribution >= 4 is 39.1 Å². The number of nitrogens with zero attached hydrogens (tertiary/aromatic N) is 2. The smallest absolute Gasteiger partial charge is 0.264 e. The number of carbonyl (C=O) groups is 2. The Morgan fingerprint density at radius 3 is 2.37 bits per heavy atom. The highest BCUT2D eigenvalue weighted by molar-refractivity contribution is 7.92. The zero-order valence-corrected chi connectivity index (χ0v) is 25.8. The van der Waals surface area contributed by atoms with Crippen LogP contribution in [-0.2, 0) is 26.2 Å². The molecule has 3 rings (SSSR count). The minimum atomic E-state index is -4.18. The van der Waals surface area contributed by atoms with Crippen LogP contribution in [0.15, 0.2) is 71.6 Å². The standard InChI is InChI=1S/C31H38ClN3O5S/c1-6-7-18-33-31(37)24(4)34(20-25-10-8-11-26(19-25)40-5)30(36)21-35(29-13-9-12-28(32)23(29)3)41(38,39)27-16-14-22(2)15-17-27/h8-17,19,24H,6-7,18,20-21H2,1-5H3,(H,33,37)/t24-/m0/s1. The van der Waals surface area contributed by atoms with E-state index in [1.807, 2.05) is 19.9 Å². The van der Waals surface area contributed by atoms with E-state index in [2.05, 4.69) is 5.32 Å². The second kappa shape index (κ2) is 14.4. The summed E-state index contributed by atoms with van der Waals surface area (Å²) >= 11 is 6.38. The predicted molar refractivity (Wildman–Crippen MR) is 163 cm³/mol. The van der Waals surface area contributed by atoms with Gasteiger partial charge in [-0.1, -0.05) is 60.8 Å². The van der Waals surface area contributed by atoms with Crippen molar-refractivity contribution in [3.63, 3.8) is 0 Å². The SMILES string of the molecule is CCCCNC(=O)[C@H](C)N(Cc1cccc(OC)c1)C(=O)CN(c1cccc(Cl)c1C)S(=O)(=O)c1ccc(C)cc1. The molecule has 1 N–H and O–H groups in total. The lowest BCUT2D eigenvalue weighted by Gasteiger charge is -2.32. The highest BCUT2D eigenvalue weighted by Gasteiger charge is 2.33. The lowest BCUT2D eigenvalue weighted by atomic mass is 10.1. The molecule has 10 heteroatoms. The zero-order chi connectivity index (χ0) is 30.2. The molecule has 0 radical (unpaired) electrons. The molecule has 41 heavy (non-hydrogen) atoms. The fraction of sp³-hybridized carbons (Fsp3) is 0.355. The maximum absolute atomic E-state index is 14.1. The van der Waals surface area contributed by atoms with Gasteiger partial charge in [0.1, 0.15) is 18.3 Å². The second-order valence-corrected chi connectivity index (χ2v) is 12.2. The van der Waals surface area contributed by atoms with E-state index in [0.29, 0.717) is 22.9 Å². The molecular weight excluding hydrogens is 562 g/mol. The molecule has 0 heterocycles. The van der Waals surface area contributed by atoms with Gasteiger partial charge in [0.25, 0.3) is 10.0 Å². The lowest BCUT2D eigenvalue weighted by molar-refractivity contribution is -0.139. The highest BCUT2D eigenvalue weighted by atomic mass is 35.5. The molecule has 0 saturated heterocycles. The number of hydrogen-bond donors (Lipinski definition) is 1. The summed E-state index contributed by atoms with van der Waals surface area (Å²) in [6, 6.07) is 17.7. The Morgan fingerprint density at radius 1 is 1.02 bits per heavy atom. The summed E-state index contributed by atoms with van der Waals surface area (Å²) in [5.41, 5.74) is 2.44. The van der Waals surface area contributed by atoms with Gasteiger partial charge in [0, 0.05) is 18.1 Å². The van der Waals surface area contributed by atoms with Gasteiger partial charge >= 0.3 is 0 Å². The summed E-state index contributed by atoms with van der Waals surface area (Å²) < 4.78 is 34.4. The number of benzene rings is 3. The predicted octanol–water partition coefficient (Wildman–Crippen LogP) is 5.49. The minimum Gasteiger partial charge on any atom is -0.497 e. The van der Waals surface area contributed by atoms with Crippen LogP contribution >= 0.6 is 11.6 Å². The number of methoxy groups -OCH3 is 1. The lowest BCUT2D eigenvalue weighted by Crippen LogP contribution is -2.51. The molecule has 0 saturated carbocycles. The van der Waals surface area contributed by atoms with Gasteiger partial charge in [0.05, 0.1) is 17.7 Å². The van der Waals surface area contributed by atoms with Crippen LogP contribution in [0.3, 0.4) is 0 Å². The number of anilines is 1. The van der Waals surface area contributed by atoms with Gasteiger partial charge in [-0.15, -0.1) is 0 Å². The van der Waals surface area contributed by atoms with Crippen molar-refractivity contribution in [2.24, 2.45) is 0 Å². The topological polar surface area (TPSA) is 96.0 Å². The molecule has 220 valence electrons. The van der Waals surface area contributed by atoms with Gasteiger partial charge in [-0.3, -0.25) is 13.9 Å². The summed E-state index contributed by atoms with van der Waals surface area (Å²) in [7, 11) is -2.63. The third kappa shape index (κ3) is 8.01. The molecule has 2 amide bonds. The second-order valence-electron chi connectivity index (χ2n) is 9.90. The van der Waals surface area contributed by atoms with Crippen LogP contribution in [0.25, 0.3) is 0 Å². The van der Waals surface area contributed by atoms with Crippen molar-refractivity contribution < 1.29 is 22.7 Å². The third-order valence-electron chi connectivity index (χ3n) is 6.88. The first-order valence-electron chi connectivity index (χ1n) is 13.5. The molecule has 0 aliphatic heterocycles. The van der Waals surface area contributed by atoms with E-state index in [4.69, 9.17) is 16.3 Å². The van der Waals surface area contributed by atoms with Crippen LogP contribution in [0.2, 0.25) is 5.02 Å². The highest BCUT2D eigenvalue weighted by Crippen LogP contribution is 2.31. The molecule has 0 spiro atoms. The van der Waals surface area contributed by atoms with E-state index < -0.39 is 28.5 Å². The molecular formula is C31H38ClN3O5S. The average molecular weight is 600 g/mol. The van der Waals surface area contributed by atoms with Crippen LogP contribution in [0.1, 0.15) is 43.4 Å². The van der Waals surface area contributed by atoms with Gasteiger partial charge in [0.2, 0.25) is 11.8 Å². The van der Waals surface area contributed by atoms with E-state index in [-0.39, 0.29) is 23.0 Å². The van der Waals surface area contributed by atoms with Gasteiger partial charge in [-0.05, 0) is 74.7 Å². The summed E-state index contributed by atoms with van der Waals surface area (Å²) in [6.07, 6.45) is 1.71. The van der Waals surface area contributed by atoms with Gasteiger partial charge < -0.3 is 15.0 Å². The zero-order valence-electron chi connectivity index (χ0n) is 24.2. The van der Waals surface area contributed by atoms with Gasteiger partial charge in [0.15, 0.2) is 0 Å². The quantitative estimate of drug-likeness (QED) is 0.262. The number of rotatable bonds is 13. The molecule has 0 aromatic heterocycles. The molecule has 8 nitrogen and oxygen atoms in total. The number of carbonyl (C=O) groups excluding carboxylic acids is 2. The van der Waals surface area contributed by atoms with Crippen LogP contribution in [0.5, 0.6) is 5.75 Å². The normalized spacial score (nSPS) is 12.0. The summed E-state index contributed by atoms with van der Waals surface area (Å²) in [5, 5.41) is 3.25. The van der Waals surface area contributed by atoms with Crippen LogP contribution in [0.4, 0.5) is 5.69 Å². The first kappa shape index (κ1) is 32.0. The largest absolute Gasteiger partial charge is 0.497 e. The van der Waals surface area contributed by atoms with E-state index >= 15 is 0 Å². The van der Waals surface area contributed by atoms with Crippen molar-refractivity contribution in [2.45, 2.75) is 58.0 Å². The van der Waals surface area contributed by atoms with Crippen LogP contribution in [-0.4, -0.2) is 51.4 Å². The van der Waals surface area contributed by atoms with E-state index in [1.165, 1.54) is 17.0 Å². The molecule has 0 bridgehead atoms. The number of sulfonamides is 1. The number of aryl methyl sites for hydroxylation is 1. The number of unbranched alkanes of at least 4 members (excludes halogenated alkanes) is 1. The maximum atomic E-state index is 14.1. The van der Waals surface area contributed by atoms with Crippen molar-refractivity contribution in [3.8, 4) is 5.75 Å². The number of ether oxygens (including phenoxy) is 1. The molecule has 3 aromatic carbocycles. The first-order chi connectivity index (χ1) is 19.5. The minimum absolute atomic E-state index is 0.0416. The van der Waals surface area contributed by atoms with Crippen LogP contribution in [0, 0.1) is 13.8 Å². The molecule has 0 aliphatic rings. The van der Waals surface area contributed by atoms with Crippen molar-refractivity contribution in [1.82, 2.24) is 10.2 Å². The maximum Gasteiger partial charge on any atom is 0.264 e. The van der Waals surface area contributed by atoms with E-state index in [0.717, 1.165) is 28.3 Å². The van der Waals surface area contributed by atoms with Crippen molar-refractivity contribution in [2.75, 3.05) is 24.5 Å². The average Bonchev–Trinajstić information content (AvgIpc) is 2.96. The number of nitrogens with one attached hydrogen (secondary N) is 1. The molecule has 0 aliphatic carbocycles. The van der Waals surface area contributed by atoms with Crippen molar-refractivity contribution in [1.29, 1.82) is 0 Å². The fourth-order valence-electron chi connectivity index (χ4n) is 4.30. The molecule has 1 atom stereocenters. The Hall–Kier alpha value is -3.56. The van der Waals surface area contributed by atoms with Gasteiger partial charge in [-0.25, -0.2) is 8.42 Å². The fourth-order valence-corrected chi connectivity index (χ4v) is 5.94. The third-order valence-corrected chi connectivity index (χ3v) is 9.06. The van der Waals surface area contributed by atoms with Gasteiger partial charge in [-0.2, -0.15) is 0 Å². The number of hydrogen-bond acceptors (Lipinski definition) is 5. The van der Waals surface area contributed by atoms with Crippen LogP contribution < -0.4 is 14.4 Å². The Bertz CT molecular complexity index is 1460. The molecule has 3 aromatic rings. The van der Waals surface area contributed by atoms with Crippen molar-refractivity contribution in [3.05, 3.63) is 88.4 Å². The Kier molecular flexibility index (Phi) is 11.2. The number of amides is 2. The van der Waals surface area contributed by atoms with E-state index in [9.17, 15) is 18.0 Å². The monoisotopic (exact) mass is 599 g/mol. The summed E-state index contributed by atoms with van der Waals surface area (Å²) in [6.45, 7) is 7.26.